The van der Waals surface area contributed by atoms with Crippen molar-refractivity contribution in [3.05, 3.63) is 65.2 Å². The summed E-state index contributed by atoms with van der Waals surface area (Å²) in [5.74, 6) is 6.63. The molecule has 1 unspecified atom stereocenters. The number of aryl methyl sites for hydroxylation is 2. The van der Waals surface area contributed by atoms with Crippen molar-refractivity contribution in [1.82, 2.24) is 5.43 Å². The van der Waals surface area contributed by atoms with Crippen LogP contribution in [0.1, 0.15) is 22.7 Å². The highest BCUT2D eigenvalue weighted by Gasteiger charge is 2.12. The minimum absolute atomic E-state index is 0.172. The molecule has 3 heteroatoms. The molecule has 0 radical (unpaired) electrons. The van der Waals surface area contributed by atoms with E-state index < -0.39 is 0 Å². The highest BCUT2D eigenvalue weighted by Crippen LogP contribution is 2.26. The van der Waals surface area contributed by atoms with Crippen LogP contribution in [0.4, 0.5) is 0 Å². The third-order valence-electron chi connectivity index (χ3n) is 3.16. The maximum absolute atomic E-state index is 5.71. The van der Waals surface area contributed by atoms with Gasteiger partial charge >= 0.3 is 0 Å². The number of thioether (sulfide) groups is 1. The lowest BCUT2D eigenvalue weighted by Gasteiger charge is -2.18. The van der Waals surface area contributed by atoms with Crippen molar-refractivity contribution in [2.75, 3.05) is 5.75 Å². The molecule has 0 aromatic heterocycles. The van der Waals surface area contributed by atoms with E-state index >= 15 is 0 Å². The maximum Gasteiger partial charge on any atom is 0.0556 e. The zero-order valence-electron chi connectivity index (χ0n) is 11.4. The van der Waals surface area contributed by atoms with Gasteiger partial charge in [0.25, 0.3) is 0 Å². The SMILES string of the molecule is Cc1ccc(C(CSc2ccccc2)NN)c(C)c1. The van der Waals surface area contributed by atoms with E-state index in [4.69, 9.17) is 5.84 Å². The largest absolute Gasteiger partial charge is 0.271 e. The second-order valence-corrected chi connectivity index (χ2v) is 5.80. The molecule has 0 amide bonds. The van der Waals surface area contributed by atoms with Crippen molar-refractivity contribution in [2.45, 2.75) is 24.8 Å². The van der Waals surface area contributed by atoms with Crippen LogP contribution in [-0.2, 0) is 0 Å². The van der Waals surface area contributed by atoms with Gasteiger partial charge in [0.15, 0.2) is 0 Å². The molecule has 2 nitrogen and oxygen atoms in total. The van der Waals surface area contributed by atoms with E-state index in [9.17, 15) is 0 Å². The topological polar surface area (TPSA) is 38.0 Å². The van der Waals surface area contributed by atoms with Crippen molar-refractivity contribution in [3.8, 4) is 0 Å². The third-order valence-corrected chi connectivity index (χ3v) is 4.27. The zero-order valence-corrected chi connectivity index (χ0v) is 12.2. The third kappa shape index (κ3) is 3.83. The first-order valence-electron chi connectivity index (χ1n) is 6.42. The number of hydrazine groups is 1. The molecule has 0 saturated heterocycles. The van der Waals surface area contributed by atoms with Crippen LogP contribution in [0.2, 0.25) is 0 Å². The van der Waals surface area contributed by atoms with Crippen LogP contribution >= 0.6 is 11.8 Å². The van der Waals surface area contributed by atoms with Crippen LogP contribution in [0.5, 0.6) is 0 Å². The summed E-state index contributed by atoms with van der Waals surface area (Å²) < 4.78 is 0. The lowest BCUT2D eigenvalue weighted by atomic mass is 10.0. The Hall–Kier alpha value is -1.29. The van der Waals surface area contributed by atoms with Gasteiger partial charge in [-0.05, 0) is 37.1 Å². The standard InChI is InChI=1S/C16H20N2S/c1-12-8-9-15(13(2)10-12)16(18-17)11-19-14-6-4-3-5-7-14/h3-10,16,18H,11,17H2,1-2H3. The molecule has 3 N–H and O–H groups in total. The fourth-order valence-electron chi connectivity index (χ4n) is 2.14. The van der Waals surface area contributed by atoms with Crippen molar-refractivity contribution < 1.29 is 0 Å². The van der Waals surface area contributed by atoms with Gasteiger partial charge in [0.1, 0.15) is 0 Å². The predicted molar refractivity (Wildman–Crippen MR) is 83.1 cm³/mol. The Morgan fingerprint density at radius 2 is 1.84 bits per heavy atom. The first kappa shape index (κ1) is 14.1. The number of nitrogens with one attached hydrogen (secondary N) is 1. The molecule has 0 saturated carbocycles. The molecular formula is C16H20N2S. The van der Waals surface area contributed by atoms with Gasteiger partial charge in [-0.3, -0.25) is 11.3 Å². The maximum atomic E-state index is 5.71. The fraction of sp³-hybridized carbons (Fsp3) is 0.250. The van der Waals surface area contributed by atoms with Crippen LogP contribution in [0.3, 0.4) is 0 Å². The quantitative estimate of drug-likeness (QED) is 0.496. The number of benzene rings is 2. The summed E-state index contributed by atoms with van der Waals surface area (Å²) in [5.41, 5.74) is 6.78. The molecule has 2 aromatic carbocycles. The van der Waals surface area contributed by atoms with Gasteiger partial charge in [0.2, 0.25) is 0 Å². The minimum Gasteiger partial charge on any atom is -0.271 e. The number of hydrogen-bond donors (Lipinski definition) is 2. The summed E-state index contributed by atoms with van der Waals surface area (Å²) >= 11 is 1.82. The van der Waals surface area contributed by atoms with Crippen molar-refractivity contribution in [2.24, 2.45) is 5.84 Å². The fourth-order valence-corrected chi connectivity index (χ4v) is 3.13. The predicted octanol–water partition coefficient (Wildman–Crippen LogP) is 3.60. The second-order valence-electron chi connectivity index (χ2n) is 4.70. The van der Waals surface area contributed by atoms with Gasteiger partial charge in [-0.15, -0.1) is 11.8 Å². The lowest BCUT2D eigenvalue weighted by molar-refractivity contribution is 0.607. The summed E-state index contributed by atoms with van der Waals surface area (Å²) in [5, 5.41) is 0. The Morgan fingerprint density at radius 3 is 2.47 bits per heavy atom. The van der Waals surface area contributed by atoms with Crippen molar-refractivity contribution >= 4 is 11.8 Å². The van der Waals surface area contributed by atoms with E-state index in [1.54, 1.807) is 0 Å². The van der Waals surface area contributed by atoms with E-state index in [1.807, 2.05) is 17.8 Å². The molecule has 2 rings (SSSR count). The molecule has 0 aliphatic carbocycles. The smallest absolute Gasteiger partial charge is 0.0556 e. The molecular weight excluding hydrogens is 252 g/mol. The van der Waals surface area contributed by atoms with Gasteiger partial charge in [-0.2, -0.15) is 0 Å². The molecule has 1 atom stereocenters. The first-order valence-corrected chi connectivity index (χ1v) is 7.40. The molecule has 2 aromatic rings. The van der Waals surface area contributed by atoms with Gasteiger partial charge < -0.3 is 0 Å². The average molecular weight is 272 g/mol. The Labute approximate surface area is 119 Å². The highest BCUT2D eigenvalue weighted by molar-refractivity contribution is 7.99. The minimum atomic E-state index is 0.172. The zero-order chi connectivity index (χ0) is 13.7. The van der Waals surface area contributed by atoms with E-state index in [1.165, 1.54) is 21.6 Å². The second kappa shape index (κ2) is 6.75. The number of hydrogen-bond acceptors (Lipinski definition) is 3. The van der Waals surface area contributed by atoms with Crippen molar-refractivity contribution in [3.63, 3.8) is 0 Å². The first-order chi connectivity index (χ1) is 9.20. The Morgan fingerprint density at radius 1 is 1.11 bits per heavy atom. The van der Waals surface area contributed by atoms with Crippen molar-refractivity contribution in [1.29, 1.82) is 0 Å². The molecule has 0 heterocycles. The molecule has 0 bridgehead atoms. The molecule has 100 valence electrons. The van der Waals surface area contributed by atoms with E-state index in [2.05, 4.69) is 61.7 Å². The number of nitrogens with two attached hydrogens (primary N) is 1. The Bertz CT molecular complexity index is 526. The van der Waals surface area contributed by atoms with Gasteiger partial charge in [-0.1, -0.05) is 42.0 Å². The number of rotatable bonds is 5. The summed E-state index contributed by atoms with van der Waals surface area (Å²) in [6, 6.07) is 17.1. The highest BCUT2D eigenvalue weighted by atomic mass is 32.2. The van der Waals surface area contributed by atoms with E-state index in [-0.39, 0.29) is 6.04 Å². The van der Waals surface area contributed by atoms with Crippen LogP contribution in [0, 0.1) is 13.8 Å². The van der Waals surface area contributed by atoms with Gasteiger partial charge in [0, 0.05) is 10.6 Å². The summed E-state index contributed by atoms with van der Waals surface area (Å²) in [7, 11) is 0. The molecule has 0 aliphatic heterocycles. The summed E-state index contributed by atoms with van der Waals surface area (Å²) in [4.78, 5) is 1.27. The van der Waals surface area contributed by atoms with E-state index in [0.29, 0.717) is 0 Å². The van der Waals surface area contributed by atoms with Gasteiger partial charge in [0.05, 0.1) is 6.04 Å². The van der Waals surface area contributed by atoms with Crippen LogP contribution in [0.15, 0.2) is 53.4 Å². The molecule has 0 spiro atoms. The summed E-state index contributed by atoms with van der Waals surface area (Å²) in [6.07, 6.45) is 0. The van der Waals surface area contributed by atoms with Crippen LogP contribution < -0.4 is 11.3 Å². The van der Waals surface area contributed by atoms with Crippen LogP contribution in [-0.4, -0.2) is 5.75 Å². The Kier molecular flexibility index (Phi) is 5.02. The Balaban J connectivity index is 2.08. The normalized spacial score (nSPS) is 12.4. The summed E-state index contributed by atoms with van der Waals surface area (Å²) in [6.45, 7) is 4.25. The van der Waals surface area contributed by atoms with Crippen LogP contribution in [0.25, 0.3) is 0 Å². The lowest BCUT2D eigenvalue weighted by Crippen LogP contribution is -2.30. The molecule has 0 fully saturated rings. The van der Waals surface area contributed by atoms with Gasteiger partial charge in [-0.25, -0.2) is 0 Å². The molecule has 0 aliphatic rings. The van der Waals surface area contributed by atoms with E-state index in [0.717, 1.165) is 5.75 Å². The average Bonchev–Trinajstić information content (AvgIpc) is 2.42. The molecule has 19 heavy (non-hydrogen) atoms. The monoisotopic (exact) mass is 272 g/mol.